The summed E-state index contributed by atoms with van der Waals surface area (Å²) in [4.78, 5) is 5.05. The molecule has 1 rings (SSSR count). The maximum Gasteiger partial charge on any atom is 0.206 e. The van der Waals surface area contributed by atoms with Crippen molar-refractivity contribution in [3.8, 4) is 0 Å². The lowest BCUT2D eigenvalue weighted by Gasteiger charge is -2.52. The van der Waals surface area contributed by atoms with E-state index in [1.807, 2.05) is 0 Å². The maximum atomic E-state index is 5.05. The van der Waals surface area contributed by atoms with Crippen molar-refractivity contribution in [1.29, 1.82) is 0 Å². The number of hydrogen-bond acceptors (Lipinski definition) is 2. The molecule has 4 heteroatoms. The average Bonchev–Trinajstić information content (AvgIpc) is 2.87. The van der Waals surface area contributed by atoms with Gasteiger partial charge < -0.3 is 5.32 Å². The minimum Gasteiger partial charge on any atom is -0.355 e. The van der Waals surface area contributed by atoms with Crippen molar-refractivity contribution in [2.45, 2.75) is 200 Å². The second-order valence-corrected chi connectivity index (χ2v) is 13.4. The number of unbranched alkanes of at least 4 members (excludes halogenated alkanes) is 18. The molecule has 0 bridgehead atoms. The van der Waals surface area contributed by atoms with Crippen molar-refractivity contribution in [2.75, 3.05) is 13.1 Å². The zero-order valence-corrected chi connectivity index (χ0v) is 27.1. The molecule has 0 amide bonds. The number of guanidine groups is 1. The number of aliphatic imine (C=N–C) groups is 1. The van der Waals surface area contributed by atoms with E-state index in [1.165, 1.54) is 148 Å². The second kappa shape index (κ2) is 22.0. The van der Waals surface area contributed by atoms with E-state index in [9.17, 15) is 0 Å². The van der Waals surface area contributed by atoms with Gasteiger partial charge in [0, 0.05) is 24.2 Å². The van der Waals surface area contributed by atoms with Gasteiger partial charge in [0.05, 0.1) is 0 Å². The van der Waals surface area contributed by atoms with Gasteiger partial charge >= 0.3 is 0 Å². The van der Waals surface area contributed by atoms with E-state index < -0.39 is 0 Å². The Morgan fingerprint density at radius 3 is 1.42 bits per heavy atom. The lowest BCUT2D eigenvalue weighted by molar-refractivity contribution is -0.0519. The molecule has 0 aromatic heterocycles. The summed E-state index contributed by atoms with van der Waals surface area (Å²) in [6.07, 6.45) is 31.3. The summed E-state index contributed by atoms with van der Waals surface area (Å²) in [7, 11) is 0. The van der Waals surface area contributed by atoms with Crippen LogP contribution in [0.1, 0.15) is 189 Å². The number of piperidine rings is 1. The Labute approximate surface area is 240 Å². The van der Waals surface area contributed by atoms with Crippen LogP contribution in [-0.2, 0) is 0 Å². The first-order valence-corrected chi connectivity index (χ1v) is 17.2. The molecule has 1 aliphatic heterocycles. The van der Waals surface area contributed by atoms with Gasteiger partial charge in [-0.3, -0.25) is 10.4 Å². The van der Waals surface area contributed by atoms with E-state index >= 15 is 0 Å². The van der Waals surface area contributed by atoms with E-state index in [0.29, 0.717) is 0 Å². The Bertz CT molecular complexity index is 553. The van der Waals surface area contributed by atoms with E-state index in [-0.39, 0.29) is 11.1 Å². The van der Waals surface area contributed by atoms with Crippen molar-refractivity contribution in [3.05, 3.63) is 0 Å². The van der Waals surface area contributed by atoms with Crippen LogP contribution in [0.5, 0.6) is 0 Å². The van der Waals surface area contributed by atoms with Crippen LogP contribution < -0.4 is 10.7 Å². The van der Waals surface area contributed by atoms with Gasteiger partial charge in [0.15, 0.2) is 0 Å². The minimum atomic E-state index is 0.137. The van der Waals surface area contributed by atoms with Gasteiger partial charge in [-0.25, -0.2) is 5.01 Å². The standard InChI is InChI=1S/C34H70N4/c1-7-9-11-13-15-17-19-21-23-25-30-35-32(37-38-33(3,4)28-27-29-34(38,5)6)36-31-26-24-22-20-18-16-14-12-10-8-2/h7-31H2,1-6H3,(H2,35,36,37). The molecule has 0 aromatic carbocycles. The van der Waals surface area contributed by atoms with Crippen molar-refractivity contribution in [2.24, 2.45) is 4.99 Å². The first-order chi connectivity index (χ1) is 18.3. The van der Waals surface area contributed by atoms with E-state index in [1.54, 1.807) is 0 Å². The second-order valence-electron chi connectivity index (χ2n) is 13.4. The predicted molar refractivity (Wildman–Crippen MR) is 171 cm³/mol. The third-order valence-corrected chi connectivity index (χ3v) is 8.61. The number of rotatable bonds is 23. The Hall–Kier alpha value is -0.770. The number of hydrogen-bond donors (Lipinski definition) is 2. The molecule has 0 unspecified atom stereocenters. The molecule has 4 nitrogen and oxygen atoms in total. The summed E-state index contributed by atoms with van der Waals surface area (Å²) < 4.78 is 0. The third-order valence-electron chi connectivity index (χ3n) is 8.61. The fourth-order valence-corrected chi connectivity index (χ4v) is 6.15. The Balaban J connectivity index is 2.39. The number of nitrogens with one attached hydrogen (secondary N) is 2. The molecule has 226 valence electrons. The maximum absolute atomic E-state index is 5.05. The van der Waals surface area contributed by atoms with Crippen LogP contribution in [0.4, 0.5) is 0 Å². The fourth-order valence-electron chi connectivity index (χ4n) is 6.15. The monoisotopic (exact) mass is 535 g/mol. The van der Waals surface area contributed by atoms with Gasteiger partial charge in [-0.2, -0.15) is 0 Å². The van der Waals surface area contributed by atoms with Crippen LogP contribution in [0.2, 0.25) is 0 Å². The zero-order chi connectivity index (χ0) is 28.0. The average molecular weight is 535 g/mol. The van der Waals surface area contributed by atoms with Crippen LogP contribution in [0.15, 0.2) is 4.99 Å². The van der Waals surface area contributed by atoms with E-state index in [0.717, 1.165) is 19.0 Å². The Morgan fingerprint density at radius 1 is 0.579 bits per heavy atom. The smallest absolute Gasteiger partial charge is 0.206 e. The van der Waals surface area contributed by atoms with Crippen LogP contribution in [0, 0.1) is 0 Å². The predicted octanol–water partition coefficient (Wildman–Crippen LogP) is 10.3. The molecule has 0 aromatic rings. The fraction of sp³-hybridized carbons (Fsp3) is 0.971. The highest BCUT2D eigenvalue weighted by Crippen LogP contribution is 2.36. The van der Waals surface area contributed by atoms with Crippen LogP contribution >= 0.6 is 0 Å². The largest absolute Gasteiger partial charge is 0.355 e. The highest BCUT2D eigenvalue weighted by molar-refractivity contribution is 5.79. The lowest BCUT2D eigenvalue weighted by Crippen LogP contribution is -2.66. The van der Waals surface area contributed by atoms with E-state index in [2.05, 4.69) is 57.3 Å². The summed E-state index contributed by atoms with van der Waals surface area (Å²) in [5.41, 5.74) is 4.05. The van der Waals surface area contributed by atoms with Crippen molar-refractivity contribution < 1.29 is 0 Å². The van der Waals surface area contributed by atoms with Crippen LogP contribution in [0.25, 0.3) is 0 Å². The highest BCUT2D eigenvalue weighted by atomic mass is 15.6. The van der Waals surface area contributed by atoms with Gasteiger partial charge in [-0.05, 0) is 59.8 Å². The molecule has 0 saturated carbocycles. The van der Waals surface area contributed by atoms with Crippen molar-refractivity contribution in [1.82, 2.24) is 15.8 Å². The number of hydrazine groups is 1. The van der Waals surface area contributed by atoms with Gasteiger partial charge in [0.1, 0.15) is 0 Å². The topological polar surface area (TPSA) is 39.7 Å². The molecule has 1 saturated heterocycles. The molecule has 1 aliphatic rings. The molecule has 1 heterocycles. The zero-order valence-electron chi connectivity index (χ0n) is 27.1. The molecule has 0 atom stereocenters. The first kappa shape index (κ1) is 35.3. The molecular weight excluding hydrogens is 464 g/mol. The number of nitrogens with zero attached hydrogens (tertiary/aromatic N) is 2. The normalized spacial score (nSPS) is 17.6. The summed E-state index contributed by atoms with van der Waals surface area (Å²) >= 11 is 0. The summed E-state index contributed by atoms with van der Waals surface area (Å²) in [5, 5.41) is 6.19. The van der Waals surface area contributed by atoms with Gasteiger partial charge in [-0.1, -0.05) is 129 Å². The van der Waals surface area contributed by atoms with Gasteiger partial charge in [0.25, 0.3) is 0 Å². The van der Waals surface area contributed by atoms with Gasteiger partial charge in [-0.15, -0.1) is 0 Å². The Kier molecular flexibility index (Phi) is 20.4. The highest BCUT2D eigenvalue weighted by Gasteiger charge is 2.42. The van der Waals surface area contributed by atoms with Crippen molar-refractivity contribution >= 4 is 5.96 Å². The van der Waals surface area contributed by atoms with Crippen molar-refractivity contribution in [3.63, 3.8) is 0 Å². The van der Waals surface area contributed by atoms with Crippen LogP contribution in [-0.4, -0.2) is 35.1 Å². The molecule has 0 aliphatic carbocycles. The van der Waals surface area contributed by atoms with Gasteiger partial charge in [0.2, 0.25) is 5.96 Å². The SMILES string of the molecule is CCCCCCCCCCCCN=C(NCCCCCCCCCCCC)NN1C(C)(C)CCCC1(C)C. The third kappa shape index (κ3) is 17.0. The molecule has 0 spiro atoms. The van der Waals surface area contributed by atoms with Crippen LogP contribution in [0.3, 0.4) is 0 Å². The minimum absolute atomic E-state index is 0.137. The van der Waals surface area contributed by atoms with E-state index in [4.69, 9.17) is 4.99 Å². The summed E-state index contributed by atoms with van der Waals surface area (Å²) in [6.45, 7) is 16.1. The summed E-state index contributed by atoms with van der Waals surface area (Å²) in [5.74, 6) is 1.000. The Morgan fingerprint density at radius 2 is 0.974 bits per heavy atom. The molecule has 2 N–H and O–H groups in total. The molecule has 1 fully saturated rings. The molecule has 0 radical (unpaired) electrons. The molecular formula is C34H70N4. The summed E-state index contributed by atoms with van der Waals surface area (Å²) in [6, 6.07) is 0. The molecule has 38 heavy (non-hydrogen) atoms. The lowest BCUT2D eigenvalue weighted by atomic mass is 9.82. The quantitative estimate of drug-likeness (QED) is 0.0778. The first-order valence-electron chi connectivity index (χ1n) is 17.2.